The summed E-state index contributed by atoms with van der Waals surface area (Å²) in [6.45, 7) is 1.52. The maximum Gasteiger partial charge on any atom is 0.433 e. The van der Waals surface area contributed by atoms with Crippen LogP contribution in [0.15, 0.2) is 48.8 Å². The number of carbonyl (C=O) groups excluding carboxylic acids is 1. The highest BCUT2D eigenvalue weighted by Gasteiger charge is 2.33. The molecule has 2 aromatic heterocycles. The van der Waals surface area contributed by atoms with Crippen LogP contribution in [0.4, 0.5) is 17.6 Å². The number of amides is 1. The zero-order valence-electron chi connectivity index (χ0n) is 18.6. The summed E-state index contributed by atoms with van der Waals surface area (Å²) < 4.78 is 67.8. The molecule has 0 bridgehead atoms. The van der Waals surface area contributed by atoms with Gasteiger partial charge < -0.3 is 5.32 Å². The van der Waals surface area contributed by atoms with Crippen LogP contribution in [0.25, 0.3) is 11.3 Å². The Bertz CT molecular complexity index is 1260. The quantitative estimate of drug-likeness (QED) is 0.413. The number of nitrogens with one attached hydrogen (secondary N) is 2. The minimum Gasteiger partial charge on any atom is -0.351 e. The van der Waals surface area contributed by atoms with Gasteiger partial charge in [-0.05, 0) is 36.2 Å². The first-order valence-electron chi connectivity index (χ1n) is 10.3. The molecule has 0 saturated carbocycles. The minimum absolute atomic E-state index is 0.0148. The Morgan fingerprint density at radius 1 is 1.11 bits per heavy atom. The van der Waals surface area contributed by atoms with E-state index in [1.807, 2.05) is 0 Å². The third-order valence-corrected chi connectivity index (χ3v) is 5.89. The van der Waals surface area contributed by atoms with E-state index in [-0.39, 0.29) is 29.4 Å². The number of halogens is 5. The van der Waals surface area contributed by atoms with Crippen LogP contribution in [-0.2, 0) is 35.0 Å². The van der Waals surface area contributed by atoms with Crippen LogP contribution in [0.2, 0.25) is 5.02 Å². The fourth-order valence-corrected chi connectivity index (χ4v) is 3.75. The first kappa shape index (κ1) is 26.7. The molecule has 0 fully saturated rings. The van der Waals surface area contributed by atoms with Gasteiger partial charge >= 0.3 is 6.18 Å². The molecule has 1 amide bonds. The zero-order valence-corrected chi connectivity index (χ0v) is 20.2. The predicted octanol–water partition coefficient (Wildman–Crippen LogP) is 4.76. The van der Waals surface area contributed by atoms with Gasteiger partial charge in [0.05, 0.1) is 27.6 Å². The Morgan fingerprint density at radius 3 is 2.46 bits per heavy atom. The van der Waals surface area contributed by atoms with Crippen LogP contribution >= 0.6 is 11.6 Å². The van der Waals surface area contributed by atoms with E-state index in [4.69, 9.17) is 11.6 Å². The molecule has 0 radical (unpaired) electrons. The van der Waals surface area contributed by atoms with Gasteiger partial charge in [0.25, 0.3) is 0 Å². The number of pyridine rings is 2. The van der Waals surface area contributed by atoms with Crippen molar-refractivity contribution < 1.29 is 26.6 Å². The molecule has 0 saturated heterocycles. The minimum atomic E-state index is -4.66. The van der Waals surface area contributed by atoms with Gasteiger partial charge in [0, 0.05) is 42.9 Å². The monoisotopic (exact) mass is 528 g/mol. The third-order valence-electron chi connectivity index (χ3n) is 5.14. The van der Waals surface area contributed by atoms with Crippen molar-refractivity contribution in [3.8, 4) is 11.3 Å². The molecule has 0 aliphatic rings. The molecule has 3 rings (SSSR count). The predicted molar refractivity (Wildman–Crippen MR) is 125 cm³/mol. The second-order valence-electron chi connectivity index (χ2n) is 7.66. The average molecular weight is 529 g/mol. The van der Waals surface area contributed by atoms with Gasteiger partial charge in [-0.3, -0.25) is 9.78 Å². The highest BCUT2D eigenvalue weighted by molar-refractivity contribution is 7.82. The van der Waals surface area contributed by atoms with E-state index in [0.717, 1.165) is 6.07 Å². The normalized spacial score (nSPS) is 13.3. The molecule has 1 aromatic carbocycles. The topological polar surface area (TPSA) is 84.0 Å². The average Bonchev–Trinajstić information content (AvgIpc) is 2.80. The lowest BCUT2D eigenvalue weighted by atomic mass is 9.98. The SMILES string of the molecule is CC(C(=O)NCc1ccc(C(F)(F)F)nc1-c1cncc(Cl)c1)c1ccc(CNS(C)=O)c(F)c1. The van der Waals surface area contributed by atoms with Crippen molar-refractivity contribution in [1.82, 2.24) is 20.0 Å². The molecule has 12 heteroatoms. The van der Waals surface area contributed by atoms with E-state index in [1.54, 1.807) is 13.0 Å². The van der Waals surface area contributed by atoms with E-state index in [2.05, 4.69) is 20.0 Å². The lowest BCUT2D eigenvalue weighted by molar-refractivity contribution is -0.141. The maximum absolute atomic E-state index is 14.4. The van der Waals surface area contributed by atoms with Crippen molar-refractivity contribution >= 4 is 28.5 Å². The maximum atomic E-state index is 14.4. The van der Waals surface area contributed by atoms with Crippen molar-refractivity contribution in [3.63, 3.8) is 0 Å². The van der Waals surface area contributed by atoms with Crippen LogP contribution in [-0.4, -0.2) is 26.3 Å². The Labute approximate surface area is 206 Å². The van der Waals surface area contributed by atoms with Gasteiger partial charge in [0.15, 0.2) is 0 Å². The first-order chi connectivity index (χ1) is 16.5. The second-order valence-corrected chi connectivity index (χ2v) is 9.29. The second kappa shape index (κ2) is 11.2. The Hall–Kier alpha value is -2.89. The zero-order chi connectivity index (χ0) is 25.8. The van der Waals surface area contributed by atoms with Gasteiger partial charge in [-0.1, -0.05) is 29.8 Å². The number of aromatic nitrogens is 2. The molecule has 0 aliphatic heterocycles. The van der Waals surface area contributed by atoms with Crippen molar-refractivity contribution in [2.45, 2.75) is 32.1 Å². The fourth-order valence-electron chi connectivity index (χ4n) is 3.22. The molecular weight excluding hydrogens is 508 g/mol. The van der Waals surface area contributed by atoms with Crippen LogP contribution in [0.3, 0.4) is 0 Å². The summed E-state index contributed by atoms with van der Waals surface area (Å²) in [5.74, 6) is -1.76. The number of benzene rings is 1. The summed E-state index contributed by atoms with van der Waals surface area (Å²) in [5, 5.41) is 2.88. The van der Waals surface area contributed by atoms with Gasteiger partial charge in [0.2, 0.25) is 5.91 Å². The molecule has 0 spiro atoms. The largest absolute Gasteiger partial charge is 0.433 e. The summed E-state index contributed by atoms with van der Waals surface area (Å²) in [4.78, 5) is 20.4. The van der Waals surface area contributed by atoms with Gasteiger partial charge in [-0.2, -0.15) is 13.2 Å². The number of nitrogens with zero attached hydrogens (tertiary/aromatic N) is 2. The van der Waals surface area contributed by atoms with Crippen LogP contribution in [0, 0.1) is 5.82 Å². The van der Waals surface area contributed by atoms with Gasteiger partial charge in [0.1, 0.15) is 11.5 Å². The van der Waals surface area contributed by atoms with Crippen molar-refractivity contribution in [1.29, 1.82) is 0 Å². The fraction of sp³-hybridized carbons (Fsp3) is 0.261. The highest BCUT2D eigenvalue weighted by atomic mass is 35.5. The van der Waals surface area contributed by atoms with Crippen LogP contribution in [0.1, 0.15) is 35.2 Å². The third kappa shape index (κ3) is 7.06. The van der Waals surface area contributed by atoms with Crippen molar-refractivity contribution in [2.24, 2.45) is 0 Å². The molecule has 186 valence electrons. The summed E-state index contributed by atoms with van der Waals surface area (Å²) in [5.41, 5.74) is 0.188. The van der Waals surface area contributed by atoms with E-state index in [9.17, 15) is 26.6 Å². The number of hydrogen-bond donors (Lipinski definition) is 2. The molecule has 2 heterocycles. The molecule has 2 N–H and O–H groups in total. The lowest BCUT2D eigenvalue weighted by Crippen LogP contribution is -2.28. The Balaban J connectivity index is 1.79. The van der Waals surface area contributed by atoms with E-state index in [1.165, 1.54) is 42.9 Å². The summed E-state index contributed by atoms with van der Waals surface area (Å²) in [7, 11) is -1.30. The molecule has 2 atom stereocenters. The molecule has 3 aromatic rings. The summed E-state index contributed by atoms with van der Waals surface area (Å²) in [6, 6.07) is 7.80. The number of carbonyl (C=O) groups is 1. The van der Waals surface area contributed by atoms with E-state index >= 15 is 0 Å². The summed E-state index contributed by atoms with van der Waals surface area (Å²) in [6.07, 6.45) is -0.562. The summed E-state index contributed by atoms with van der Waals surface area (Å²) >= 11 is 5.94. The van der Waals surface area contributed by atoms with E-state index in [0.29, 0.717) is 16.7 Å². The molecule has 0 aliphatic carbocycles. The van der Waals surface area contributed by atoms with Crippen LogP contribution in [0.5, 0.6) is 0 Å². The first-order valence-corrected chi connectivity index (χ1v) is 12.2. The Kier molecular flexibility index (Phi) is 8.57. The van der Waals surface area contributed by atoms with E-state index < -0.39 is 40.5 Å². The number of rotatable bonds is 8. The van der Waals surface area contributed by atoms with Gasteiger partial charge in [-0.25, -0.2) is 18.3 Å². The van der Waals surface area contributed by atoms with Crippen molar-refractivity contribution in [3.05, 3.63) is 82.0 Å². The standard InChI is InChI=1S/C23H21ClF4N4O2S/c1-13(14-3-4-15(19(25)8-14)11-31-35(2)34)22(33)30-10-16-5-6-20(23(26,27)28)32-21(16)17-7-18(24)12-29-9-17/h3-9,12-13,31H,10-11H2,1-2H3,(H,30,33). The lowest BCUT2D eigenvalue weighted by Gasteiger charge is -2.16. The van der Waals surface area contributed by atoms with Crippen molar-refractivity contribution in [2.75, 3.05) is 6.26 Å². The van der Waals surface area contributed by atoms with Gasteiger partial charge in [-0.15, -0.1) is 0 Å². The molecular formula is C23H21ClF4N4O2S. The molecule has 2 unspecified atom stereocenters. The Morgan fingerprint density at radius 2 is 1.83 bits per heavy atom. The highest BCUT2D eigenvalue weighted by Crippen LogP contribution is 2.32. The molecule has 35 heavy (non-hydrogen) atoms. The number of hydrogen-bond acceptors (Lipinski definition) is 4. The number of alkyl halides is 3. The van der Waals surface area contributed by atoms with Crippen LogP contribution < -0.4 is 10.0 Å². The smallest absolute Gasteiger partial charge is 0.351 e. The molecule has 6 nitrogen and oxygen atoms in total.